The van der Waals surface area contributed by atoms with Crippen molar-refractivity contribution in [2.75, 3.05) is 11.9 Å². The number of aromatic nitrogens is 2. The first kappa shape index (κ1) is 17.7. The lowest BCUT2D eigenvalue weighted by Gasteiger charge is -2.25. The number of pyridine rings is 2. The predicted octanol–water partition coefficient (Wildman–Crippen LogP) is 2.87. The fraction of sp³-hybridized carbons (Fsp3) is 0.381. The molecule has 27 heavy (non-hydrogen) atoms. The number of aliphatic hydroxyl groups excluding tert-OH is 1. The molecule has 6 heteroatoms. The summed E-state index contributed by atoms with van der Waals surface area (Å²) >= 11 is 0. The van der Waals surface area contributed by atoms with Crippen molar-refractivity contribution in [2.24, 2.45) is 11.8 Å². The number of carbonyl (C=O) groups excluding carboxylic acids is 1. The van der Waals surface area contributed by atoms with E-state index in [0.29, 0.717) is 5.82 Å². The zero-order chi connectivity index (χ0) is 19.0. The van der Waals surface area contributed by atoms with Gasteiger partial charge in [-0.3, -0.25) is 9.78 Å². The molecule has 0 spiro atoms. The summed E-state index contributed by atoms with van der Waals surface area (Å²) in [5, 5.41) is 17.5. The average Bonchev–Trinajstić information content (AvgIpc) is 3.52. The maximum atomic E-state index is 11.9. The lowest BCUT2D eigenvalue weighted by atomic mass is 9.93. The van der Waals surface area contributed by atoms with Crippen molar-refractivity contribution in [1.82, 2.24) is 15.3 Å². The molecule has 2 atom stereocenters. The summed E-state index contributed by atoms with van der Waals surface area (Å²) in [6.45, 7) is 4.22. The van der Waals surface area contributed by atoms with Crippen LogP contribution in [0.3, 0.4) is 0 Å². The summed E-state index contributed by atoms with van der Waals surface area (Å²) in [6.07, 6.45) is 9.64. The molecule has 4 rings (SSSR count). The standard InChI is InChI=1S/C21H24N4O2/c1-12-5-18(13(2)11-26)23-10-17(12)19-6-15-9-24-20(7-16(15)8-22-19)25-21(27)14-3-4-14/h5-10,13-14,18,23,26H,3-4,11H2,1-2H3,(H,24,25,27). The third-order valence-corrected chi connectivity index (χ3v) is 5.25. The van der Waals surface area contributed by atoms with Gasteiger partial charge in [0.25, 0.3) is 0 Å². The highest BCUT2D eigenvalue weighted by atomic mass is 16.3. The van der Waals surface area contributed by atoms with Crippen molar-refractivity contribution in [3.8, 4) is 0 Å². The van der Waals surface area contributed by atoms with Crippen molar-refractivity contribution in [2.45, 2.75) is 32.7 Å². The van der Waals surface area contributed by atoms with Gasteiger partial charge < -0.3 is 15.7 Å². The van der Waals surface area contributed by atoms with Crippen LogP contribution in [0.1, 0.15) is 32.4 Å². The van der Waals surface area contributed by atoms with Crippen molar-refractivity contribution in [1.29, 1.82) is 0 Å². The van der Waals surface area contributed by atoms with Gasteiger partial charge in [-0.1, -0.05) is 13.0 Å². The smallest absolute Gasteiger partial charge is 0.228 e. The largest absolute Gasteiger partial charge is 0.396 e. The highest BCUT2D eigenvalue weighted by Gasteiger charge is 2.29. The Hall–Kier alpha value is -2.73. The van der Waals surface area contributed by atoms with Crippen LogP contribution >= 0.6 is 0 Å². The molecule has 0 radical (unpaired) electrons. The third-order valence-electron chi connectivity index (χ3n) is 5.25. The molecule has 6 nitrogen and oxygen atoms in total. The number of fused-ring (bicyclic) bond motifs is 1. The first-order valence-electron chi connectivity index (χ1n) is 9.38. The van der Waals surface area contributed by atoms with Crippen LogP contribution in [0.5, 0.6) is 0 Å². The van der Waals surface area contributed by atoms with Gasteiger partial charge in [-0.2, -0.15) is 0 Å². The Bertz CT molecular complexity index is 946. The van der Waals surface area contributed by atoms with Crippen molar-refractivity contribution in [3.63, 3.8) is 0 Å². The van der Waals surface area contributed by atoms with Gasteiger partial charge in [0.15, 0.2) is 0 Å². The first-order valence-corrected chi connectivity index (χ1v) is 9.38. The van der Waals surface area contributed by atoms with Crippen molar-refractivity contribution >= 4 is 28.1 Å². The third kappa shape index (κ3) is 3.71. The molecule has 0 aromatic carbocycles. The molecule has 140 valence electrons. The SMILES string of the molecule is CC1=CC(C(C)CO)NC=C1c1cc2cnc(NC(=O)C3CC3)cc2cn1. The van der Waals surface area contributed by atoms with E-state index in [1.165, 1.54) is 0 Å². The van der Waals surface area contributed by atoms with Crippen LogP contribution in [0.25, 0.3) is 16.3 Å². The Balaban J connectivity index is 1.56. The highest BCUT2D eigenvalue weighted by Crippen LogP contribution is 2.31. The van der Waals surface area contributed by atoms with Crippen LogP contribution in [0, 0.1) is 11.8 Å². The molecular weight excluding hydrogens is 340 g/mol. The van der Waals surface area contributed by atoms with E-state index >= 15 is 0 Å². The maximum Gasteiger partial charge on any atom is 0.228 e. The van der Waals surface area contributed by atoms with E-state index in [9.17, 15) is 9.90 Å². The summed E-state index contributed by atoms with van der Waals surface area (Å²) in [5.41, 5.74) is 3.03. The second-order valence-electron chi connectivity index (χ2n) is 7.51. The summed E-state index contributed by atoms with van der Waals surface area (Å²) in [7, 11) is 0. The number of aliphatic hydroxyl groups is 1. The zero-order valence-electron chi connectivity index (χ0n) is 15.6. The molecule has 1 saturated carbocycles. The number of carbonyl (C=O) groups is 1. The number of anilines is 1. The second kappa shape index (κ2) is 7.12. The van der Waals surface area contributed by atoms with Crippen LogP contribution in [0.4, 0.5) is 5.82 Å². The number of hydrogen-bond donors (Lipinski definition) is 3. The fourth-order valence-electron chi connectivity index (χ4n) is 3.25. The van der Waals surface area contributed by atoms with E-state index in [4.69, 9.17) is 0 Å². The molecule has 2 aromatic rings. The van der Waals surface area contributed by atoms with Crippen molar-refractivity contribution in [3.05, 3.63) is 48.1 Å². The molecule has 2 aliphatic rings. The average molecular weight is 364 g/mol. The Morgan fingerprint density at radius 2 is 2.04 bits per heavy atom. The molecule has 1 aliphatic carbocycles. The van der Waals surface area contributed by atoms with Gasteiger partial charge in [-0.25, -0.2) is 4.98 Å². The van der Waals surface area contributed by atoms with Crippen LogP contribution in [0.15, 0.2) is 42.4 Å². The van der Waals surface area contributed by atoms with Crippen LogP contribution < -0.4 is 10.6 Å². The minimum atomic E-state index is 0.0530. The lowest BCUT2D eigenvalue weighted by Crippen LogP contribution is -2.34. The van der Waals surface area contributed by atoms with Gasteiger partial charge in [0, 0.05) is 59.4 Å². The number of nitrogens with zero attached hydrogens (tertiary/aromatic N) is 2. The molecular formula is C21H24N4O2. The van der Waals surface area contributed by atoms with Crippen LogP contribution in [-0.4, -0.2) is 33.6 Å². The Kier molecular flexibility index (Phi) is 4.66. The number of nitrogens with one attached hydrogen (secondary N) is 2. The van der Waals surface area contributed by atoms with Crippen LogP contribution in [0.2, 0.25) is 0 Å². The molecule has 3 N–H and O–H groups in total. The quantitative estimate of drug-likeness (QED) is 0.759. The van der Waals surface area contributed by atoms with Gasteiger partial charge in [-0.15, -0.1) is 0 Å². The van der Waals surface area contributed by atoms with Gasteiger partial charge in [0.1, 0.15) is 5.82 Å². The van der Waals surface area contributed by atoms with E-state index in [1.807, 2.05) is 31.5 Å². The fourth-order valence-corrected chi connectivity index (χ4v) is 3.25. The zero-order valence-corrected chi connectivity index (χ0v) is 15.6. The molecule has 3 heterocycles. The predicted molar refractivity (Wildman–Crippen MR) is 106 cm³/mol. The van der Waals surface area contributed by atoms with E-state index in [0.717, 1.165) is 40.5 Å². The summed E-state index contributed by atoms with van der Waals surface area (Å²) < 4.78 is 0. The maximum absolute atomic E-state index is 11.9. The summed E-state index contributed by atoms with van der Waals surface area (Å²) in [6, 6.07) is 4.00. The Labute approximate surface area is 158 Å². The molecule has 1 fully saturated rings. The van der Waals surface area contributed by atoms with Gasteiger partial charge >= 0.3 is 0 Å². The topological polar surface area (TPSA) is 87.1 Å². The summed E-state index contributed by atoms with van der Waals surface area (Å²) in [5.74, 6) is 0.929. The van der Waals surface area contributed by atoms with E-state index in [-0.39, 0.29) is 30.4 Å². The molecule has 1 aliphatic heterocycles. The lowest BCUT2D eigenvalue weighted by molar-refractivity contribution is -0.117. The number of allylic oxidation sites excluding steroid dienone is 2. The second-order valence-corrected chi connectivity index (χ2v) is 7.51. The molecule has 1 amide bonds. The van der Waals surface area contributed by atoms with E-state index in [1.54, 1.807) is 6.20 Å². The van der Waals surface area contributed by atoms with E-state index in [2.05, 4.69) is 33.6 Å². The molecule has 2 unspecified atom stereocenters. The highest BCUT2D eigenvalue weighted by molar-refractivity contribution is 5.95. The number of rotatable bonds is 5. The summed E-state index contributed by atoms with van der Waals surface area (Å²) in [4.78, 5) is 20.9. The Morgan fingerprint density at radius 1 is 1.30 bits per heavy atom. The molecule has 0 bridgehead atoms. The molecule has 0 saturated heterocycles. The van der Waals surface area contributed by atoms with Crippen LogP contribution in [-0.2, 0) is 4.79 Å². The van der Waals surface area contributed by atoms with Gasteiger partial charge in [-0.05, 0) is 37.5 Å². The monoisotopic (exact) mass is 364 g/mol. The van der Waals surface area contributed by atoms with Gasteiger partial charge in [0.2, 0.25) is 5.91 Å². The van der Waals surface area contributed by atoms with Crippen molar-refractivity contribution < 1.29 is 9.90 Å². The number of amides is 1. The molecule has 2 aromatic heterocycles. The minimum absolute atomic E-state index is 0.0530. The first-order chi connectivity index (χ1) is 13.0. The van der Waals surface area contributed by atoms with Gasteiger partial charge in [0.05, 0.1) is 5.69 Å². The van der Waals surface area contributed by atoms with E-state index < -0.39 is 0 Å². The number of hydrogen-bond acceptors (Lipinski definition) is 5. The Morgan fingerprint density at radius 3 is 2.74 bits per heavy atom. The minimum Gasteiger partial charge on any atom is -0.396 e. The number of dihydropyridines is 1. The normalized spacial score (nSPS) is 20.5.